The van der Waals surface area contributed by atoms with Gasteiger partial charge in [0.2, 0.25) is 5.78 Å². The van der Waals surface area contributed by atoms with E-state index in [-0.39, 0.29) is 37.9 Å². The number of carbonyl (C=O) groups excluding carboxylic acids is 5. The molecular formula is C48H73FO12. The predicted octanol–water partition coefficient (Wildman–Crippen LogP) is 8.44. The van der Waals surface area contributed by atoms with E-state index in [1.165, 1.54) is 70.6 Å². The van der Waals surface area contributed by atoms with Gasteiger partial charge in [-0.25, -0.2) is 4.39 Å². The monoisotopic (exact) mass is 861 g/mol. The molecule has 3 fully saturated rings. The molecule has 3 N–H and O–H groups in total. The summed E-state index contributed by atoms with van der Waals surface area (Å²) in [6.45, 7) is 7.08. The van der Waals surface area contributed by atoms with Crippen molar-refractivity contribution in [1.82, 2.24) is 0 Å². The summed E-state index contributed by atoms with van der Waals surface area (Å²) in [5.41, 5.74) is -5.68. The van der Waals surface area contributed by atoms with Crippen LogP contribution in [-0.4, -0.2) is 88.5 Å². The fourth-order valence-electron chi connectivity index (χ4n) is 10.4. The van der Waals surface area contributed by atoms with Gasteiger partial charge in [0.15, 0.2) is 18.1 Å². The number of aliphatic hydroxyl groups excluding tert-OH is 1. The quantitative estimate of drug-likeness (QED) is 0.0364. The number of aliphatic carboxylic acids is 1. The predicted molar refractivity (Wildman–Crippen MR) is 228 cm³/mol. The van der Waals surface area contributed by atoms with Crippen molar-refractivity contribution in [1.29, 1.82) is 0 Å². The highest BCUT2D eigenvalue weighted by atomic mass is 19.1. The molecule has 0 aromatic rings. The molecule has 0 saturated heterocycles. The van der Waals surface area contributed by atoms with E-state index in [2.05, 4.69) is 23.8 Å². The van der Waals surface area contributed by atoms with Crippen LogP contribution in [0.2, 0.25) is 0 Å². The van der Waals surface area contributed by atoms with Crippen LogP contribution < -0.4 is 0 Å². The molecule has 4 aliphatic rings. The number of hydrogen-bond donors (Lipinski definition) is 3. The number of methoxy groups -OCH3 is 1. The highest BCUT2D eigenvalue weighted by molar-refractivity contribution is 6.01. The molecule has 12 nitrogen and oxygen atoms in total. The van der Waals surface area contributed by atoms with E-state index in [4.69, 9.17) is 14.6 Å². The summed E-state index contributed by atoms with van der Waals surface area (Å²) in [6.07, 6.45) is 23.3. The summed E-state index contributed by atoms with van der Waals surface area (Å²) in [5.74, 6) is -5.23. The van der Waals surface area contributed by atoms with E-state index in [0.717, 1.165) is 32.1 Å². The van der Waals surface area contributed by atoms with Crippen LogP contribution in [0.4, 0.5) is 4.39 Å². The Labute approximate surface area is 362 Å². The van der Waals surface area contributed by atoms with Gasteiger partial charge in [0, 0.05) is 16.7 Å². The number of ether oxygens (including phenoxy) is 3. The van der Waals surface area contributed by atoms with Crippen LogP contribution in [0.25, 0.3) is 0 Å². The van der Waals surface area contributed by atoms with E-state index in [1.54, 1.807) is 26.8 Å². The first kappa shape index (κ1) is 51.6. The number of aliphatic hydroxyl groups is 2. The number of rotatable bonds is 24. The van der Waals surface area contributed by atoms with Crippen molar-refractivity contribution in [2.24, 2.45) is 28.6 Å². The zero-order valence-electron chi connectivity index (χ0n) is 37.4. The zero-order chi connectivity index (χ0) is 45.3. The van der Waals surface area contributed by atoms with E-state index in [1.807, 2.05) is 0 Å². The number of carbonyl (C=O) groups is 6. The Hall–Kier alpha value is -3.71. The number of hydrogen-bond acceptors (Lipinski definition) is 11. The van der Waals surface area contributed by atoms with Gasteiger partial charge in [0.05, 0.1) is 45.5 Å². The van der Waals surface area contributed by atoms with Crippen LogP contribution in [0.3, 0.4) is 0 Å². The fraction of sp³-hybridized carbons (Fsp3) is 0.750. The molecule has 0 unspecified atom stereocenters. The highest BCUT2D eigenvalue weighted by Crippen LogP contribution is 2.70. The van der Waals surface area contributed by atoms with E-state index in [9.17, 15) is 39.0 Å². The summed E-state index contributed by atoms with van der Waals surface area (Å²) < 4.78 is 32.1. The van der Waals surface area contributed by atoms with Gasteiger partial charge in [-0.05, 0) is 88.7 Å². The van der Waals surface area contributed by atoms with E-state index < -0.39 is 82.2 Å². The number of fused-ring (bicyclic) bond motifs is 5. The second kappa shape index (κ2) is 24.2. The second-order valence-electron chi connectivity index (χ2n) is 18.0. The molecule has 0 amide bonds. The summed E-state index contributed by atoms with van der Waals surface area (Å²) in [7, 11) is 1.23. The van der Waals surface area contributed by atoms with Crippen LogP contribution in [0.15, 0.2) is 36.0 Å². The van der Waals surface area contributed by atoms with Crippen molar-refractivity contribution < 1.29 is 62.7 Å². The van der Waals surface area contributed by atoms with Gasteiger partial charge in [-0.3, -0.25) is 28.8 Å². The van der Waals surface area contributed by atoms with Gasteiger partial charge >= 0.3 is 23.9 Å². The molecule has 0 bridgehead atoms. The third kappa shape index (κ3) is 12.9. The first-order valence-corrected chi connectivity index (χ1v) is 22.7. The molecule has 0 aliphatic heterocycles. The minimum atomic E-state index is -2.07. The number of allylic oxidation sites excluding steroid dienone is 6. The average molecular weight is 861 g/mol. The smallest absolute Gasteiger partial charge is 0.306 e. The minimum Gasteiger partial charge on any atom is -0.481 e. The van der Waals surface area contributed by atoms with Crippen molar-refractivity contribution in [2.75, 3.05) is 20.3 Å². The van der Waals surface area contributed by atoms with Crippen LogP contribution >= 0.6 is 0 Å². The summed E-state index contributed by atoms with van der Waals surface area (Å²) in [6, 6.07) is 0. The fourth-order valence-corrected chi connectivity index (χ4v) is 10.4. The van der Waals surface area contributed by atoms with Crippen LogP contribution in [-0.2, 0) is 43.0 Å². The minimum absolute atomic E-state index is 0.0498. The molecule has 0 spiro atoms. The average Bonchev–Trinajstić information content (AvgIpc) is 3.43. The van der Waals surface area contributed by atoms with Gasteiger partial charge in [-0.1, -0.05) is 95.9 Å². The normalized spacial score (nSPS) is 30.0. The van der Waals surface area contributed by atoms with E-state index >= 15 is 4.39 Å². The number of carboxylic acids is 1. The molecule has 3 saturated carbocycles. The number of halogens is 1. The first-order chi connectivity index (χ1) is 28.9. The van der Waals surface area contributed by atoms with Crippen LogP contribution in [0.1, 0.15) is 163 Å². The van der Waals surface area contributed by atoms with Crippen molar-refractivity contribution in [3.8, 4) is 0 Å². The molecule has 0 aromatic carbocycles. The summed E-state index contributed by atoms with van der Waals surface area (Å²) in [5, 5.41) is 31.6. The standard InChI is InChI=1S/C43H65FO8.C5H8O4/c1-5-6-7-8-9-10-11-12-13-14-15-16-17-18-19-26-51-38(48)22-23-39(49)52-30-37(47)43(50)31(2)27-35-34-21-20-32-28-33(45)24-25-40(32,3)42(34,44)36(46)29-41(35,43)4;1-9-5(8)3-2-4(6)7/h11-12,24-25,28,31,34-36,46,50H,5-10,13-23,26-27,29-30H2,1-4H3;2-3H2,1H3,(H,6,7)/b12-11-;/t31-,34+,35+,36+,40+,41+,42+,43+;/m1./s1. The van der Waals surface area contributed by atoms with Gasteiger partial charge < -0.3 is 29.5 Å². The largest absolute Gasteiger partial charge is 0.481 e. The summed E-state index contributed by atoms with van der Waals surface area (Å²) >= 11 is 0. The maximum absolute atomic E-state index is 17.4. The molecule has 344 valence electrons. The van der Waals surface area contributed by atoms with Gasteiger partial charge in [-0.15, -0.1) is 0 Å². The molecule has 4 aliphatic carbocycles. The lowest BCUT2D eigenvalue weighted by atomic mass is 9.44. The zero-order valence-corrected chi connectivity index (χ0v) is 37.4. The van der Waals surface area contributed by atoms with Crippen molar-refractivity contribution in [2.45, 2.75) is 180 Å². The Bertz CT molecular complexity index is 1600. The highest BCUT2D eigenvalue weighted by Gasteiger charge is 2.75. The number of esters is 3. The number of ketones is 2. The molecule has 8 atom stereocenters. The Morgan fingerprint density at radius 1 is 0.836 bits per heavy atom. The number of carboxylic acid groups (broad SMARTS) is 1. The number of unbranched alkanes of at least 4 members (excludes halogenated alkanes) is 11. The lowest BCUT2D eigenvalue weighted by Crippen LogP contribution is -2.69. The third-order valence-corrected chi connectivity index (χ3v) is 14.0. The maximum Gasteiger partial charge on any atom is 0.306 e. The second-order valence-corrected chi connectivity index (χ2v) is 18.0. The topological polar surface area (TPSA) is 191 Å². The molecule has 13 heteroatoms. The maximum atomic E-state index is 17.4. The first-order valence-electron chi connectivity index (χ1n) is 22.7. The van der Waals surface area contributed by atoms with Crippen molar-refractivity contribution >= 4 is 35.4 Å². The van der Waals surface area contributed by atoms with Crippen LogP contribution in [0.5, 0.6) is 0 Å². The van der Waals surface area contributed by atoms with Crippen molar-refractivity contribution in [3.63, 3.8) is 0 Å². The van der Waals surface area contributed by atoms with Crippen LogP contribution in [0, 0.1) is 28.6 Å². The Kier molecular flexibility index (Phi) is 20.5. The molecule has 4 rings (SSSR count). The SMILES string of the molecule is CCCCCCC/C=C\CCCCCCCCOC(=O)CCC(=O)OCC(=O)[C@@]1(O)[C@H](C)C[C@H]2[C@@H]3CCC4=CC(=O)C=C[C@]4(C)[C@@]3(F)[C@@H](O)C[C@@]21C.COC(=O)CCC(=O)O. The van der Waals surface area contributed by atoms with Gasteiger partial charge in [0.25, 0.3) is 0 Å². The number of Topliss-reactive ketones (excluding diaryl/α,β-unsaturated/α-hetero) is 1. The Morgan fingerprint density at radius 3 is 2.02 bits per heavy atom. The molecular weight excluding hydrogens is 788 g/mol. The Balaban J connectivity index is 0.000000987. The third-order valence-electron chi connectivity index (χ3n) is 14.0. The number of alkyl halides is 1. The molecule has 61 heavy (non-hydrogen) atoms. The molecule has 0 aromatic heterocycles. The lowest BCUT2D eigenvalue weighted by molar-refractivity contribution is -0.220. The molecule has 0 radical (unpaired) electrons. The van der Waals surface area contributed by atoms with Crippen molar-refractivity contribution in [3.05, 3.63) is 36.0 Å². The Morgan fingerprint density at radius 2 is 1.41 bits per heavy atom. The van der Waals surface area contributed by atoms with Gasteiger partial charge in [-0.2, -0.15) is 0 Å². The lowest BCUT2D eigenvalue weighted by Gasteiger charge is -2.62. The molecule has 0 heterocycles. The van der Waals surface area contributed by atoms with E-state index in [0.29, 0.717) is 31.4 Å². The van der Waals surface area contributed by atoms with Gasteiger partial charge in [0.1, 0.15) is 5.60 Å². The summed E-state index contributed by atoms with van der Waals surface area (Å²) in [4.78, 5) is 70.5.